The predicted molar refractivity (Wildman–Crippen MR) is 73.3 cm³/mol. The number of aliphatic hydroxyl groups excluding tert-OH is 1. The first-order chi connectivity index (χ1) is 9.06. The Morgan fingerprint density at radius 2 is 2.16 bits per heavy atom. The van der Waals surface area contributed by atoms with Crippen molar-refractivity contribution in [3.63, 3.8) is 0 Å². The second-order valence-electron chi connectivity index (χ2n) is 4.16. The molecule has 1 heterocycles. The van der Waals surface area contributed by atoms with Crippen LogP contribution in [0.2, 0.25) is 0 Å². The van der Waals surface area contributed by atoms with Gasteiger partial charge in [-0.15, -0.1) is 0 Å². The molecule has 2 rings (SSSR count). The summed E-state index contributed by atoms with van der Waals surface area (Å²) < 4.78 is 19.5. The monoisotopic (exact) mass is 325 g/mol. The lowest BCUT2D eigenvalue weighted by atomic mass is 10.1. The molecular formula is C14H13BrFNO2. The zero-order chi connectivity index (χ0) is 13.8. The summed E-state index contributed by atoms with van der Waals surface area (Å²) in [5, 5.41) is 9.70. The lowest BCUT2D eigenvalue weighted by Gasteiger charge is -2.13. The molecule has 1 aromatic heterocycles. The molecule has 0 amide bonds. The molecule has 0 fully saturated rings. The Morgan fingerprint density at radius 1 is 1.37 bits per heavy atom. The largest absolute Gasteiger partial charge is 0.488 e. The summed E-state index contributed by atoms with van der Waals surface area (Å²) in [6.07, 6.45) is 2.05. The maximum Gasteiger partial charge on any atom is 0.141 e. The number of pyridine rings is 1. The zero-order valence-electron chi connectivity index (χ0n) is 10.3. The molecule has 0 radical (unpaired) electrons. The van der Waals surface area contributed by atoms with Gasteiger partial charge >= 0.3 is 0 Å². The van der Waals surface area contributed by atoms with E-state index in [1.165, 1.54) is 6.07 Å². The minimum Gasteiger partial charge on any atom is -0.488 e. The van der Waals surface area contributed by atoms with Crippen LogP contribution in [0.1, 0.15) is 24.2 Å². The molecule has 0 aliphatic carbocycles. The van der Waals surface area contributed by atoms with Crippen LogP contribution < -0.4 is 4.74 Å². The Labute approximate surface area is 119 Å². The van der Waals surface area contributed by atoms with Gasteiger partial charge in [-0.1, -0.05) is 15.9 Å². The fourth-order valence-corrected chi connectivity index (χ4v) is 2.05. The summed E-state index contributed by atoms with van der Waals surface area (Å²) in [4.78, 5) is 3.76. The molecule has 3 nitrogen and oxygen atoms in total. The van der Waals surface area contributed by atoms with Crippen molar-refractivity contribution >= 4 is 15.9 Å². The summed E-state index contributed by atoms with van der Waals surface area (Å²) in [6, 6.07) is 6.75. The van der Waals surface area contributed by atoms with Crippen molar-refractivity contribution in [1.82, 2.24) is 4.98 Å². The second-order valence-corrected chi connectivity index (χ2v) is 5.07. The van der Waals surface area contributed by atoms with Gasteiger partial charge in [0.1, 0.15) is 18.2 Å². The number of rotatable bonds is 4. The Kier molecular flexibility index (Phi) is 4.50. The van der Waals surface area contributed by atoms with Gasteiger partial charge in [-0.25, -0.2) is 4.39 Å². The average molecular weight is 326 g/mol. The number of halogens is 2. The highest BCUT2D eigenvalue weighted by Gasteiger charge is 2.10. The van der Waals surface area contributed by atoms with Crippen LogP contribution in [0.25, 0.3) is 0 Å². The van der Waals surface area contributed by atoms with Crippen molar-refractivity contribution < 1.29 is 14.2 Å². The van der Waals surface area contributed by atoms with E-state index in [2.05, 4.69) is 20.9 Å². The molecule has 100 valence electrons. The van der Waals surface area contributed by atoms with Crippen molar-refractivity contribution in [2.75, 3.05) is 0 Å². The second kappa shape index (κ2) is 6.12. The van der Waals surface area contributed by atoms with Crippen molar-refractivity contribution in [2.24, 2.45) is 0 Å². The molecule has 5 heteroatoms. The van der Waals surface area contributed by atoms with Crippen LogP contribution in [0.3, 0.4) is 0 Å². The number of nitrogens with zero attached hydrogens (tertiary/aromatic N) is 1. The fourth-order valence-electron chi connectivity index (χ4n) is 1.67. The van der Waals surface area contributed by atoms with Crippen molar-refractivity contribution in [1.29, 1.82) is 0 Å². The minimum absolute atomic E-state index is 0.201. The van der Waals surface area contributed by atoms with Crippen LogP contribution >= 0.6 is 15.9 Å². The van der Waals surface area contributed by atoms with Crippen molar-refractivity contribution in [2.45, 2.75) is 19.6 Å². The SMILES string of the molecule is CC(O)c1cc(Br)ccc1OCc1cncc(F)c1. The third-order valence-electron chi connectivity index (χ3n) is 2.58. The topological polar surface area (TPSA) is 42.4 Å². The van der Waals surface area contributed by atoms with E-state index in [4.69, 9.17) is 4.74 Å². The van der Waals surface area contributed by atoms with Gasteiger partial charge in [-0.2, -0.15) is 0 Å². The highest BCUT2D eigenvalue weighted by atomic mass is 79.9. The van der Waals surface area contributed by atoms with E-state index in [0.717, 1.165) is 10.7 Å². The Balaban J connectivity index is 2.15. The van der Waals surface area contributed by atoms with Gasteiger partial charge in [0.2, 0.25) is 0 Å². The van der Waals surface area contributed by atoms with Crippen LogP contribution in [0.4, 0.5) is 4.39 Å². The summed E-state index contributed by atoms with van der Waals surface area (Å²) in [5.41, 5.74) is 1.32. The van der Waals surface area contributed by atoms with Crippen LogP contribution in [0, 0.1) is 5.82 Å². The molecule has 0 aliphatic heterocycles. The number of benzene rings is 1. The first-order valence-corrected chi connectivity index (χ1v) is 6.55. The average Bonchev–Trinajstić information content (AvgIpc) is 2.37. The lowest BCUT2D eigenvalue weighted by molar-refractivity contribution is 0.190. The number of aromatic nitrogens is 1. The summed E-state index contributed by atoms with van der Waals surface area (Å²) >= 11 is 3.34. The van der Waals surface area contributed by atoms with E-state index in [1.54, 1.807) is 25.3 Å². The smallest absolute Gasteiger partial charge is 0.141 e. The maximum absolute atomic E-state index is 13.0. The highest BCUT2D eigenvalue weighted by molar-refractivity contribution is 9.10. The molecular weight excluding hydrogens is 313 g/mol. The van der Waals surface area contributed by atoms with Crippen LogP contribution in [-0.4, -0.2) is 10.1 Å². The molecule has 1 unspecified atom stereocenters. The number of aliphatic hydroxyl groups is 1. The first kappa shape index (κ1) is 14.0. The van der Waals surface area contributed by atoms with Crippen LogP contribution in [0.15, 0.2) is 41.1 Å². The third-order valence-corrected chi connectivity index (χ3v) is 3.07. The van der Waals surface area contributed by atoms with E-state index in [1.807, 2.05) is 6.07 Å². The zero-order valence-corrected chi connectivity index (χ0v) is 11.9. The molecule has 0 aliphatic rings. The number of hydrogen-bond acceptors (Lipinski definition) is 3. The standard InChI is InChI=1S/C14H13BrFNO2/c1-9(18)13-5-11(15)2-3-14(13)19-8-10-4-12(16)7-17-6-10/h2-7,9,18H,8H2,1H3. The highest BCUT2D eigenvalue weighted by Crippen LogP contribution is 2.29. The number of ether oxygens (including phenoxy) is 1. The van der Waals surface area contributed by atoms with Gasteiger partial charge in [0.25, 0.3) is 0 Å². The predicted octanol–water partition coefficient (Wildman–Crippen LogP) is 3.62. The van der Waals surface area contributed by atoms with Crippen LogP contribution in [0.5, 0.6) is 5.75 Å². The molecule has 1 atom stereocenters. The summed E-state index contributed by atoms with van der Waals surface area (Å²) in [6.45, 7) is 1.87. The number of hydrogen-bond donors (Lipinski definition) is 1. The lowest BCUT2D eigenvalue weighted by Crippen LogP contribution is -2.01. The molecule has 0 spiro atoms. The van der Waals surface area contributed by atoms with Gasteiger partial charge in [0, 0.05) is 21.8 Å². The summed E-state index contributed by atoms with van der Waals surface area (Å²) in [7, 11) is 0. The Morgan fingerprint density at radius 3 is 2.84 bits per heavy atom. The normalized spacial score (nSPS) is 12.2. The van der Waals surface area contributed by atoms with Gasteiger partial charge in [0.15, 0.2) is 0 Å². The Hall–Kier alpha value is -1.46. The molecule has 0 saturated heterocycles. The molecule has 0 saturated carbocycles. The van der Waals surface area contributed by atoms with E-state index in [0.29, 0.717) is 16.9 Å². The fraction of sp³-hybridized carbons (Fsp3) is 0.214. The van der Waals surface area contributed by atoms with E-state index >= 15 is 0 Å². The van der Waals surface area contributed by atoms with Crippen molar-refractivity contribution in [3.8, 4) is 5.75 Å². The molecule has 1 aromatic carbocycles. The third kappa shape index (κ3) is 3.75. The quantitative estimate of drug-likeness (QED) is 0.933. The minimum atomic E-state index is -0.641. The molecule has 19 heavy (non-hydrogen) atoms. The maximum atomic E-state index is 13.0. The molecule has 2 aromatic rings. The van der Waals surface area contributed by atoms with E-state index < -0.39 is 11.9 Å². The van der Waals surface area contributed by atoms with Gasteiger partial charge in [-0.05, 0) is 31.2 Å². The van der Waals surface area contributed by atoms with E-state index in [9.17, 15) is 9.50 Å². The Bertz CT molecular complexity index is 575. The van der Waals surface area contributed by atoms with E-state index in [-0.39, 0.29) is 6.61 Å². The van der Waals surface area contributed by atoms with Gasteiger partial charge < -0.3 is 9.84 Å². The first-order valence-electron chi connectivity index (χ1n) is 5.76. The van der Waals surface area contributed by atoms with Crippen LogP contribution in [-0.2, 0) is 6.61 Å². The van der Waals surface area contributed by atoms with Crippen molar-refractivity contribution in [3.05, 3.63) is 58.1 Å². The van der Waals surface area contributed by atoms with Gasteiger partial charge in [0.05, 0.1) is 12.3 Å². The molecule has 0 bridgehead atoms. The van der Waals surface area contributed by atoms with Gasteiger partial charge in [-0.3, -0.25) is 4.98 Å². The molecule has 1 N–H and O–H groups in total. The summed E-state index contributed by atoms with van der Waals surface area (Å²) in [5.74, 6) is 0.176.